The van der Waals surface area contributed by atoms with Gasteiger partial charge in [-0.1, -0.05) is 23.8 Å². The van der Waals surface area contributed by atoms with Gasteiger partial charge >= 0.3 is 0 Å². The van der Waals surface area contributed by atoms with E-state index in [1.807, 2.05) is 30.8 Å². The van der Waals surface area contributed by atoms with Gasteiger partial charge in [-0.05, 0) is 37.3 Å². The molecule has 26 heavy (non-hydrogen) atoms. The van der Waals surface area contributed by atoms with Gasteiger partial charge in [0.25, 0.3) is 15.9 Å². The molecule has 5 nitrogen and oxygen atoms in total. The van der Waals surface area contributed by atoms with Crippen LogP contribution in [0.2, 0.25) is 0 Å². The normalized spacial score (nSPS) is 14.9. The first-order valence-electron chi connectivity index (χ1n) is 8.42. The molecule has 0 aromatic heterocycles. The Hall–Kier alpha value is -1.99. The summed E-state index contributed by atoms with van der Waals surface area (Å²) in [4.78, 5) is 14.6. The monoisotopic (exact) mass is 390 g/mol. The average molecular weight is 391 g/mol. The lowest BCUT2D eigenvalue weighted by atomic mass is 10.2. The fraction of sp³-hybridized carbons (Fsp3) is 0.316. The Kier molecular flexibility index (Phi) is 5.58. The number of amides is 1. The minimum absolute atomic E-state index is 0.111. The minimum atomic E-state index is -3.73. The van der Waals surface area contributed by atoms with E-state index >= 15 is 0 Å². The number of anilines is 1. The van der Waals surface area contributed by atoms with Gasteiger partial charge in [0.2, 0.25) is 0 Å². The van der Waals surface area contributed by atoms with Crippen molar-refractivity contribution in [3.05, 3.63) is 59.7 Å². The molecule has 0 radical (unpaired) electrons. The molecule has 2 aromatic rings. The second-order valence-electron chi connectivity index (χ2n) is 6.24. The number of hydrogen-bond acceptors (Lipinski definition) is 4. The molecule has 1 fully saturated rings. The van der Waals surface area contributed by atoms with Gasteiger partial charge in [-0.2, -0.15) is 11.8 Å². The van der Waals surface area contributed by atoms with E-state index in [1.165, 1.54) is 23.5 Å². The maximum absolute atomic E-state index is 13.0. The van der Waals surface area contributed by atoms with Crippen LogP contribution in [0.5, 0.6) is 0 Å². The van der Waals surface area contributed by atoms with Gasteiger partial charge in [-0.3, -0.25) is 9.10 Å². The topological polar surface area (TPSA) is 57.7 Å². The van der Waals surface area contributed by atoms with Crippen LogP contribution < -0.4 is 4.31 Å². The maximum atomic E-state index is 13.0. The maximum Gasteiger partial charge on any atom is 0.264 e. The molecule has 0 saturated carbocycles. The van der Waals surface area contributed by atoms with E-state index in [2.05, 4.69) is 0 Å². The van der Waals surface area contributed by atoms with Crippen LogP contribution in [0, 0.1) is 6.92 Å². The molecular weight excluding hydrogens is 368 g/mol. The van der Waals surface area contributed by atoms with Gasteiger partial charge in [0.05, 0.1) is 10.6 Å². The Morgan fingerprint density at radius 3 is 2.38 bits per heavy atom. The molecule has 0 bridgehead atoms. The smallest absolute Gasteiger partial charge is 0.264 e. The molecule has 0 spiro atoms. The van der Waals surface area contributed by atoms with Crippen LogP contribution in [0.4, 0.5) is 5.69 Å². The zero-order valence-corrected chi connectivity index (χ0v) is 16.5. The Morgan fingerprint density at radius 1 is 1.08 bits per heavy atom. The molecule has 0 unspecified atom stereocenters. The van der Waals surface area contributed by atoms with Gasteiger partial charge in [-0.25, -0.2) is 8.42 Å². The van der Waals surface area contributed by atoms with Crippen LogP contribution in [0.15, 0.2) is 53.4 Å². The van der Waals surface area contributed by atoms with Crippen molar-refractivity contribution in [2.75, 3.05) is 35.9 Å². The van der Waals surface area contributed by atoms with Crippen LogP contribution >= 0.6 is 11.8 Å². The molecule has 0 N–H and O–H groups in total. The summed E-state index contributed by atoms with van der Waals surface area (Å²) < 4.78 is 27.2. The van der Waals surface area contributed by atoms with E-state index in [-0.39, 0.29) is 10.8 Å². The van der Waals surface area contributed by atoms with Crippen molar-refractivity contribution in [3.63, 3.8) is 0 Å². The molecule has 1 amide bonds. The highest BCUT2D eigenvalue weighted by Crippen LogP contribution is 2.23. The number of nitrogens with zero attached hydrogens (tertiary/aromatic N) is 2. The number of thioether (sulfide) groups is 1. The fourth-order valence-corrected chi connectivity index (χ4v) is 4.94. The van der Waals surface area contributed by atoms with Crippen LogP contribution in [0.25, 0.3) is 0 Å². The number of aryl methyl sites for hydroxylation is 1. The molecule has 7 heteroatoms. The quantitative estimate of drug-likeness (QED) is 0.805. The van der Waals surface area contributed by atoms with Crippen LogP contribution in [-0.4, -0.2) is 50.9 Å². The number of rotatable bonds is 4. The molecule has 1 heterocycles. The molecule has 138 valence electrons. The van der Waals surface area contributed by atoms with E-state index in [0.717, 1.165) is 17.1 Å². The third-order valence-corrected chi connectivity index (χ3v) is 7.16. The third kappa shape index (κ3) is 3.88. The average Bonchev–Trinajstić information content (AvgIpc) is 2.68. The molecule has 1 saturated heterocycles. The highest BCUT2D eigenvalue weighted by atomic mass is 32.2. The summed E-state index contributed by atoms with van der Waals surface area (Å²) in [6.45, 7) is 3.35. The number of sulfonamides is 1. The largest absolute Gasteiger partial charge is 0.337 e. The molecule has 0 aliphatic carbocycles. The van der Waals surface area contributed by atoms with Gasteiger partial charge < -0.3 is 4.90 Å². The lowest BCUT2D eigenvalue weighted by molar-refractivity contribution is 0.0772. The van der Waals surface area contributed by atoms with Crippen molar-refractivity contribution < 1.29 is 13.2 Å². The summed E-state index contributed by atoms with van der Waals surface area (Å²) in [5, 5.41) is 0. The summed E-state index contributed by atoms with van der Waals surface area (Å²) in [6, 6.07) is 13.6. The van der Waals surface area contributed by atoms with Gasteiger partial charge in [0, 0.05) is 37.2 Å². The van der Waals surface area contributed by atoms with Gasteiger partial charge in [0.1, 0.15) is 0 Å². The molecular formula is C19H22N2O3S2. The summed E-state index contributed by atoms with van der Waals surface area (Å²) in [6.07, 6.45) is 0. The lowest BCUT2D eigenvalue weighted by Crippen LogP contribution is -2.38. The third-order valence-electron chi connectivity index (χ3n) is 4.44. The van der Waals surface area contributed by atoms with Crippen molar-refractivity contribution >= 4 is 33.4 Å². The van der Waals surface area contributed by atoms with E-state index in [1.54, 1.807) is 29.2 Å². The zero-order chi connectivity index (χ0) is 18.7. The standard InChI is InChI=1S/C19H22N2O3S2/c1-15-6-8-17(9-7-15)20(2)26(23,24)18-5-3-4-16(14-18)19(22)21-10-12-25-13-11-21/h3-9,14H,10-13H2,1-2H3. The number of hydrogen-bond donors (Lipinski definition) is 0. The summed E-state index contributed by atoms with van der Waals surface area (Å²) in [5.41, 5.74) is 2.06. The van der Waals surface area contributed by atoms with Gasteiger partial charge in [0.15, 0.2) is 0 Å². The zero-order valence-electron chi connectivity index (χ0n) is 14.9. The lowest BCUT2D eigenvalue weighted by Gasteiger charge is -2.26. The van der Waals surface area contributed by atoms with Crippen molar-refractivity contribution in [2.24, 2.45) is 0 Å². The fourth-order valence-electron chi connectivity index (χ4n) is 2.79. The number of carbonyl (C=O) groups excluding carboxylic acids is 1. The van der Waals surface area contributed by atoms with Crippen LogP contribution in [0.3, 0.4) is 0 Å². The number of benzene rings is 2. The second kappa shape index (κ2) is 7.72. The highest BCUT2D eigenvalue weighted by Gasteiger charge is 2.24. The van der Waals surface area contributed by atoms with Crippen LogP contribution in [-0.2, 0) is 10.0 Å². The van der Waals surface area contributed by atoms with E-state index in [0.29, 0.717) is 24.3 Å². The predicted molar refractivity (Wildman–Crippen MR) is 106 cm³/mol. The Balaban J connectivity index is 1.88. The van der Waals surface area contributed by atoms with Crippen LogP contribution in [0.1, 0.15) is 15.9 Å². The van der Waals surface area contributed by atoms with E-state index < -0.39 is 10.0 Å². The Bertz CT molecular complexity index is 889. The summed E-state index contributed by atoms with van der Waals surface area (Å²) >= 11 is 1.82. The first-order chi connectivity index (χ1) is 12.4. The predicted octanol–water partition coefficient (Wildman–Crippen LogP) is 3.01. The molecule has 1 aliphatic heterocycles. The van der Waals surface area contributed by atoms with E-state index in [4.69, 9.17) is 0 Å². The van der Waals surface area contributed by atoms with Crippen molar-refractivity contribution in [2.45, 2.75) is 11.8 Å². The minimum Gasteiger partial charge on any atom is -0.337 e. The first kappa shape index (κ1) is 18.8. The second-order valence-corrected chi connectivity index (χ2v) is 9.43. The molecule has 1 aliphatic rings. The van der Waals surface area contributed by atoms with Crippen molar-refractivity contribution in [1.29, 1.82) is 0 Å². The summed E-state index contributed by atoms with van der Waals surface area (Å²) in [5.74, 6) is 1.72. The highest BCUT2D eigenvalue weighted by molar-refractivity contribution is 7.99. The molecule has 0 atom stereocenters. The Morgan fingerprint density at radius 2 is 1.73 bits per heavy atom. The van der Waals surface area contributed by atoms with Crippen molar-refractivity contribution in [3.8, 4) is 0 Å². The molecule has 3 rings (SSSR count). The summed E-state index contributed by atoms with van der Waals surface area (Å²) in [7, 11) is -2.21. The SMILES string of the molecule is Cc1ccc(N(C)S(=O)(=O)c2cccc(C(=O)N3CCSCC3)c2)cc1. The Labute approximate surface area is 159 Å². The van der Waals surface area contributed by atoms with E-state index in [9.17, 15) is 13.2 Å². The number of carbonyl (C=O) groups is 1. The van der Waals surface area contributed by atoms with Crippen molar-refractivity contribution in [1.82, 2.24) is 4.90 Å². The first-order valence-corrected chi connectivity index (χ1v) is 11.0. The van der Waals surface area contributed by atoms with Gasteiger partial charge in [-0.15, -0.1) is 0 Å². The molecule has 2 aromatic carbocycles.